The topological polar surface area (TPSA) is 140 Å². The largest absolute Gasteiger partial charge is 0.481 e. The third-order valence-electron chi connectivity index (χ3n) is 3.70. The van der Waals surface area contributed by atoms with Gasteiger partial charge in [0, 0.05) is 11.1 Å². The third kappa shape index (κ3) is 8.83. The van der Waals surface area contributed by atoms with Gasteiger partial charge in [-0.1, -0.05) is 54.6 Å². The average Bonchev–Trinajstić information content (AvgIpc) is 2.66. The van der Waals surface area contributed by atoms with Gasteiger partial charge in [0.05, 0.1) is 19.8 Å². The van der Waals surface area contributed by atoms with E-state index >= 15 is 0 Å². The molecule has 0 aliphatic carbocycles. The molecule has 0 aliphatic rings. The summed E-state index contributed by atoms with van der Waals surface area (Å²) < 4.78 is 35.6. The average molecular weight is 456 g/mol. The number of ether oxygens (including phenoxy) is 1. The fourth-order valence-electron chi connectivity index (χ4n) is 2.38. The van der Waals surface area contributed by atoms with Crippen LogP contribution in [0, 0.1) is 0 Å². The van der Waals surface area contributed by atoms with Gasteiger partial charge in [0.15, 0.2) is 5.78 Å². The lowest BCUT2D eigenvalue weighted by molar-refractivity contribution is 0.103. The fraction of sp³-hybridized carbons (Fsp3) is 0.211. The Morgan fingerprint density at radius 2 is 1.67 bits per heavy atom. The van der Waals surface area contributed by atoms with Gasteiger partial charge < -0.3 is 19.4 Å². The Bertz CT molecular complexity index is 983. The van der Waals surface area contributed by atoms with Crippen molar-refractivity contribution in [2.75, 3.05) is 13.2 Å². The van der Waals surface area contributed by atoms with E-state index in [0.29, 0.717) is 16.7 Å². The summed E-state index contributed by atoms with van der Waals surface area (Å²) in [6.45, 7) is 1.70. The lowest BCUT2D eigenvalue weighted by Gasteiger charge is -2.11. The van der Waals surface area contributed by atoms with Crippen molar-refractivity contribution in [3.05, 3.63) is 82.9 Å². The van der Waals surface area contributed by atoms with E-state index in [1.807, 2.05) is 12.1 Å². The van der Waals surface area contributed by atoms with Crippen molar-refractivity contribution >= 4 is 21.4 Å². The highest BCUT2D eigenvalue weighted by Gasteiger charge is 2.31. The van der Waals surface area contributed by atoms with Gasteiger partial charge in [0.1, 0.15) is 0 Å². The summed E-state index contributed by atoms with van der Waals surface area (Å²) in [6.07, 6.45) is 1.42. The van der Waals surface area contributed by atoms with Gasteiger partial charge in [-0.2, -0.15) is 4.31 Å². The molecule has 0 fully saturated rings. The smallest absolute Gasteiger partial charge is 0.372 e. The van der Waals surface area contributed by atoms with Gasteiger partial charge in [0.2, 0.25) is 0 Å². The number of hydrogen-bond donors (Lipinski definition) is 3. The Hall–Kier alpha value is -1.93. The zero-order chi connectivity index (χ0) is 22.2. The molecule has 2 aromatic rings. The van der Waals surface area contributed by atoms with Gasteiger partial charge in [-0.15, -0.1) is 0 Å². The predicted octanol–water partition coefficient (Wildman–Crippen LogP) is 3.61. The molecular formula is C19H22O9P2. The second-order valence-corrected chi connectivity index (χ2v) is 9.11. The Morgan fingerprint density at radius 3 is 2.33 bits per heavy atom. The normalized spacial score (nSPS) is 14.3. The maximum atomic E-state index is 12.5. The van der Waals surface area contributed by atoms with Crippen molar-refractivity contribution in [1.29, 1.82) is 0 Å². The maximum absolute atomic E-state index is 12.5. The molecule has 0 spiro atoms. The van der Waals surface area contributed by atoms with E-state index in [0.717, 1.165) is 5.56 Å². The summed E-state index contributed by atoms with van der Waals surface area (Å²) in [5.74, 6) is -0.0865. The second-order valence-electron chi connectivity index (χ2n) is 6.28. The minimum Gasteiger partial charge on any atom is -0.372 e. The zero-order valence-corrected chi connectivity index (χ0v) is 17.9. The van der Waals surface area contributed by atoms with E-state index in [9.17, 15) is 18.8 Å². The summed E-state index contributed by atoms with van der Waals surface area (Å²) in [5, 5.41) is 0. The van der Waals surface area contributed by atoms with E-state index in [4.69, 9.17) is 14.5 Å². The minimum atomic E-state index is -5.14. The first kappa shape index (κ1) is 24.3. The molecule has 9 nitrogen and oxygen atoms in total. The van der Waals surface area contributed by atoms with E-state index in [1.54, 1.807) is 49.4 Å². The molecule has 1 atom stereocenters. The number of benzene rings is 2. The molecule has 1 unspecified atom stereocenters. The first-order chi connectivity index (χ1) is 14.1. The van der Waals surface area contributed by atoms with Crippen LogP contribution in [0.3, 0.4) is 0 Å². The quantitative estimate of drug-likeness (QED) is 0.263. The molecule has 2 rings (SSSR count). The molecule has 3 N–H and O–H groups in total. The molecule has 0 saturated carbocycles. The van der Waals surface area contributed by atoms with Gasteiger partial charge in [-0.05, 0) is 24.1 Å². The molecule has 0 saturated heterocycles. The standard InChI is InChI=1S/C19H22O9P2/c1-15(10-11-27-30(24,25)28-29(21,22)23)13-26-14-16-6-5-9-18(12-16)19(20)17-7-3-2-4-8-17/h2-10,12H,11,13-14H2,1H3,(H,24,25)(H2,21,22,23)/b15-10+. The highest BCUT2D eigenvalue weighted by atomic mass is 31.3. The van der Waals surface area contributed by atoms with Crippen molar-refractivity contribution in [3.63, 3.8) is 0 Å². The van der Waals surface area contributed by atoms with Crippen LogP contribution in [0.15, 0.2) is 66.2 Å². The van der Waals surface area contributed by atoms with Gasteiger partial charge in [-0.25, -0.2) is 9.13 Å². The van der Waals surface area contributed by atoms with Crippen LogP contribution in [-0.2, 0) is 29.3 Å². The molecule has 0 aromatic heterocycles. The third-order valence-corrected chi connectivity index (χ3v) is 5.85. The molecule has 2 aromatic carbocycles. The second kappa shape index (κ2) is 10.9. The van der Waals surface area contributed by atoms with Crippen molar-refractivity contribution in [2.45, 2.75) is 13.5 Å². The Kier molecular flexibility index (Phi) is 8.85. The molecule has 162 valence electrons. The van der Waals surface area contributed by atoms with E-state index in [1.165, 1.54) is 6.08 Å². The van der Waals surface area contributed by atoms with E-state index in [-0.39, 0.29) is 19.0 Å². The molecule has 11 heteroatoms. The van der Waals surface area contributed by atoms with Crippen LogP contribution in [0.4, 0.5) is 0 Å². The maximum Gasteiger partial charge on any atom is 0.481 e. The molecule has 0 amide bonds. The number of phosphoric acid groups is 2. The van der Waals surface area contributed by atoms with Crippen LogP contribution in [0.1, 0.15) is 28.4 Å². The number of ketones is 1. The van der Waals surface area contributed by atoms with Gasteiger partial charge in [0.25, 0.3) is 0 Å². The molecular weight excluding hydrogens is 434 g/mol. The Morgan fingerprint density at radius 1 is 1.00 bits per heavy atom. The molecule has 0 heterocycles. The predicted molar refractivity (Wildman–Crippen MR) is 109 cm³/mol. The number of rotatable bonds is 11. The minimum absolute atomic E-state index is 0.0865. The summed E-state index contributed by atoms with van der Waals surface area (Å²) in [7, 11) is -10.0. The molecule has 0 radical (unpaired) electrons. The summed E-state index contributed by atoms with van der Waals surface area (Å²) >= 11 is 0. The van der Waals surface area contributed by atoms with Crippen LogP contribution >= 0.6 is 15.6 Å². The first-order valence-electron chi connectivity index (χ1n) is 8.72. The summed E-state index contributed by atoms with van der Waals surface area (Å²) in [5.41, 5.74) is 2.60. The SMILES string of the molecule is C/C(=C\COP(=O)(O)OP(=O)(O)O)COCc1cccc(C(=O)c2ccccc2)c1. The molecule has 0 aliphatic heterocycles. The monoisotopic (exact) mass is 456 g/mol. The van der Waals surface area contributed by atoms with Crippen LogP contribution in [-0.4, -0.2) is 33.7 Å². The summed E-state index contributed by atoms with van der Waals surface area (Å²) in [4.78, 5) is 38.7. The summed E-state index contributed by atoms with van der Waals surface area (Å²) in [6, 6.07) is 16.0. The van der Waals surface area contributed by atoms with Crippen molar-refractivity contribution in [3.8, 4) is 0 Å². The molecule has 0 bridgehead atoms. The number of hydrogen-bond acceptors (Lipinski definition) is 6. The van der Waals surface area contributed by atoms with Gasteiger partial charge in [-0.3, -0.25) is 9.32 Å². The highest BCUT2D eigenvalue weighted by molar-refractivity contribution is 7.60. The lowest BCUT2D eigenvalue weighted by atomic mass is 10.0. The number of phosphoric ester groups is 1. The van der Waals surface area contributed by atoms with Gasteiger partial charge >= 0.3 is 15.6 Å². The van der Waals surface area contributed by atoms with E-state index in [2.05, 4.69) is 8.83 Å². The lowest BCUT2D eigenvalue weighted by Crippen LogP contribution is -2.03. The highest BCUT2D eigenvalue weighted by Crippen LogP contribution is 2.57. The Labute approximate surface area is 173 Å². The Balaban J connectivity index is 1.83. The number of carbonyl (C=O) groups excluding carboxylic acids is 1. The van der Waals surface area contributed by atoms with Crippen LogP contribution in [0.5, 0.6) is 0 Å². The fourth-order valence-corrected chi connectivity index (χ4v) is 3.91. The van der Waals surface area contributed by atoms with E-state index < -0.39 is 22.3 Å². The van der Waals surface area contributed by atoms with Crippen molar-refractivity contribution in [1.82, 2.24) is 0 Å². The van der Waals surface area contributed by atoms with Crippen LogP contribution in [0.2, 0.25) is 0 Å². The van der Waals surface area contributed by atoms with Crippen molar-refractivity contribution < 1.29 is 42.2 Å². The molecule has 30 heavy (non-hydrogen) atoms. The van der Waals surface area contributed by atoms with Crippen molar-refractivity contribution in [2.24, 2.45) is 0 Å². The first-order valence-corrected chi connectivity index (χ1v) is 11.7. The number of carbonyl (C=O) groups is 1. The zero-order valence-electron chi connectivity index (χ0n) is 16.1. The van der Waals surface area contributed by atoms with Crippen LogP contribution in [0.25, 0.3) is 0 Å². The van der Waals surface area contributed by atoms with Crippen LogP contribution < -0.4 is 0 Å².